The molecule has 324 valence electrons. The van der Waals surface area contributed by atoms with Crippen molar-refractivity contribution in [2.24, 2.45) is 11.3 Å². The monoisotopic (exact) mass is 828 g/mol. The first-order chi connectivity index (χ1) is 29.8. The fourth-order valence-corrected chi connectivity index (χ4v) is 9.92. The number of pyridine rings is 1. The fraction of sp³-hybridized carbons (Fsp3) is 0.480. The molecule has 3 amide bonds. The van der Waals surface area contributed by atoms with Crippen LogP contribution in [0.1, 0.15) is 98.7 Å². The van der Waals surface area contributed by atoms with E-state index in [1.165, 1.54) is 68.3 Å². The molecule has 3 aromatic carbocycles. The van der Waals surface area contributed by atoms with Crippen LogP contribution >= 0.6 is 0 Å². The SMILES string of the molecule is CC.O=C1CCCC(=O)N1.O=C1NCc2cc3c(cc21)OCC1CN(CC2CC4(CCN(c5ccccn5)CC4)C2)CCN31.Oc1ccc2c(c1)CCCC2.c1ccccc1. The number of aromatic hydroxyl groups is 1. The molecule has 3 saturated heterocycles. The highest BCUT2D eigenvalue weighted by atomic mass is 16.5. The van der Waals surface area contributed by atoms with Crippen LogP contribution in [-0.4, -0.2) is 84.6 Å². The van der Waals surface area contributed by atoms with Gasteiger partial charge in [0.1, 0.15) is 23.9 Å². The standard InChI is InChI=1S/C27H33N5O2.C10H12O.C6H6.C5H7NO2.C2H6/c33-26-22-12-24-23(11-20(22)15-29-26)32-10-9-30(17-21(32)18-34-24)16-19-13-27(14-19)4-7-31(8-5-27)25-3-1-2-6-28-25;11-10-6-5-8-3-1-2-4-9(8)7-10;1-2-4-6-5-3-1;7-4-2-1-3-5(8)6-4;1-2/h1-3,6,11-12,19,21H,4-5,7-10,13-18H2,(H,29,33);5-7,11H,1-4H2;1-6H;1-3H2,(H,6,7,8);1-2H3. The van der Waals surface area contributed by atoms with Crippen molar-refractivity contribution in [3.63, 3.8) is 0 Å². The van der Waals surface area contributed by atoms with Crippen molar-refractivity contribution in [2.45, 2.75) is 97.1 Å². The second kappa shape index (κ2) is 20.9. The van der Waals surface area contributed by atoms with Gasteiger partial charge in [-0.3, -0.25) is 24.6 Å². The molecule has 1 atom stereocenters. The topological polar surface area (TPSA) is 127 Å². The highest BCUT2D eigenvalue weighted by molar-refractivity contribution is 5.99. The summed E-state index contributed by atoms with van der Waals surface area (Å²) < 4.78 is 6.14. The lowest BCUT2D eigenvalue weighted by Crippen LogP contribution is -2.59. The van der Waals surface area contributed by atoms with Crippen LogP contribution in [0.5, 0.6) is 11.5 Å². The van der Waals surface area contributed by atoms with Gasteiger partial charge in [0.2, 0.25) is 11.8 Å². The molecular weight excluding hydrogens is 765 g/mol. The number of nitrogens with one attached hydrogen (secondary N) is 2. The second-order valence-corrected chi connectivity index (χ2v) is 17.2. The number of hydrogen-bond acceptors (Lipinski definition) is 9. The number of aryl methyl sites for hydroxylation is 2. The Morgan fingerprint density at radius 1 is 0.770 bits per heavy atom. The van der Waals surface area contributed by atoms with Gasteiger partial charge in [0.25, 0.3) is 5.91 Å². The Balaban J connectivity index is 0.000000167. The molecule has 5 aliphatic heterocycles. The molecule has 1 saturated carbocycles. The number of piperidine rings is 2. The van der Waals surface area contributed by atoms with Gasteiger partial charge in [0.05, 0.1) is 11.7 Å². The Bertz CT molecular complexity index is 2020. The normalized spacial score (nSPS) is 20.8. The van der Waals surface area contributed by atoms with Gasteiger partial charge in [-0.25, -0.2) is 4.98 Å². The van der Waals surface area contributed by atoms with Crippen LogP contribution in [0.15, 0.2) is 91.1 Å². The highest BCUT2D eigenvalue weighted by Gasteiger charge is 2.47. The third kappa shape index (κ3) is 11.3. The van der Waals surface area contributed by atoms with Crippen molar-refractivity contribution in [2.75, 3.05) is 55.7 Å². The number of benzene rings is 3. The number of piperazine rings is 1. The minimum atomic E-state index is -0.138. The lowest BCUT2D eigenvalue weighted by molar-refractivity contribution is -0.132. The smallest absolute Gasteiger partial charge is 0.252 e. The number of fused-ring (bicyclic) bond motifs is 5. The Morgan fingerprint density at radius 3 is 2.13 bits per heavy atom. The number of aromatic nitrogens is 1. The van der Waals surface area contributed by atoms with E-state index >= 15 is 0 Å². The number of imide groups is 1. The van der Waals surface area contributed by atoms with Crippen molar-refractivity contribution < 1.29 is 24.2 Å². The number of phenols is 1. The van der Waals surface area contributed by atoms with E-state index in [0.29, 0.717) is 49.6 Å². The summed E-state index contributed by atoms with van der Waals surface area (Å²) in [5, 5.41) is 14.3. The van der Waals surface area contributed by atoms with Crippen LogP contribution in [0, 0.1) is 11.3 Å². The molecule has 3 N–H and O–H groups in total. The van der Waals surface area contributed by atoms with Crippen LogP contribution in [0.4, 0.5) is 11.5 Å². The van der Waals surface area contributed by atoms with Crippen molar-refractivity contribution in [1.29, 1.82) is 0 Å². The first kappa shape index (κ1) is 43.7. The quantitative estimate of drug-likeness (QED) is 0.178. The second-order valence-electron chi connectivity index (χ2n) is 17.2. The molecule has 6 heterocycles. The van der Waals surface area contributed by atoms with Crippen molar-refractivity contribution >= 4 is 29.2 Å². The van der Waals surface area contributed by atoms with Gasteiger partial charge in [0.15, 0.2) is 0 Å². The average Bonchev–Trinajstić information content (AvgIpc) is 3.66. The van der Waals surface area contributed by atoms with Crippen LogP contribution in [0.3, 0.4) is 0 Å². The minimum absolute atomic E-state index is 0.0222. The molecule has 1 unspecified atom stereocenters. The molecule has 11 rings (SSSR count). The van der Waals surface area contributed by atoms with E-state index in [2.05, 4.69) is 48.5 Å². The highest BCUT2D eigenvalue weighted by Crippen LogP contribution is 2.53. The van der Waals surface area contributed by atoms with Crippen molar-refractivity contribution in [3.8, 4) is 11.5 Å². The molecule has 11 heteroatoms. The summed E-state index contributed by atoms with van der Waals surface area (Å²) >= 11 is 0. The number of phenolic OH excluding ortho intramolecular Hbond substituents is 1. The number of ether oxygens (including phenoxy) is 1. The molecule has 61 heavy (non-hydrogen) atoms. The number of carbonyl (C=O) groups excluding carboxylic acids is 3. The molecular formula is C50H64N6O5. The van der Waals surface area contributed by atoms with Crippen LogP contribution in [-0.2, 0) is 29.0 Å². The minimum Gasteiger partial charge on any atom is -0.508 e. The van der Waals surface area contributed by atoms with Crippen LogP contribution in [0.25, 0.3) is 0 Å². The predicted octanol–water partition coefficient (Wildman–Crippen LogP) is 7.70. The number of rotatable bonds is 3. The van der Waals surface area contributed by atoms with Crippen molar-refractivity contribution in [3.05, 3.63) is 113 Å². The zero-order valence-corrected chi connectivity index (χ0v) is 36.1. The summed E-state index contributed by atoms with van der Waals surface area (Å²) in [5.41, 5.74) is 6.40. The summed E-state index contributed by atoms with van der Waals surface area (Å²) in [6.07, 6.45) is 13.9. The third-order valence-corrected chi connectivity index (χ3v) is 13.0. The maximum atomic E-state index is 12.0. The number of amides is 3. The van der Waals surface area contributed by atoms with Crippen LogP contribution in [0.2, 0.25) is 0 Å². The Labute approximate surface area is 361 Å². The van der Waals surface area contributed by atoms with Gasteiger partial charge in [0, 0.05) is 70.4 Å². The molecule has 4 aromatic rings. The van der Waals surface area contributed by atoms with E-state index in [0.717, 1.165) is 67.8 Å². The zero-order valence-electron chi connectivity index (χ0n) is 36.1. The van der Waals surface area contributed by atoms with Crippen molar-refractivity contribution in [1.82, 2.24) is 20.5 Å². The Kier molecular flexibility index (Phi) is 15.0. The average molecular weight is 829 g/mol. The number of nitrogens with zero attached hydrogens (tertiary/aromatic N) is 4. The maximum absolute atomic E-state index is 12.0. The lowest BCUT2D eigenvalue weighted by atomic mass is 9.57. The molecule has 7 aliphatic rings. The van der Waals surface area contributed by atoms with Gasteiger partial charge in [-0.15, -0.1) is 0 Å². The third-order valence-electron chi connectivity index (χ3n) is 13.0. The Morgan fingerprint density at radius 2 is 1.48 bits per heavy atom. The molecule has 4 fully saturated rings. The zero-order chi connectivity index (χ0) is 42.6. The van der Waals surface area contributed by atoms with E-state index in [9.17, 15) is 19.5 Å². The lowest BCUT2D eigenvalue weighted by Gasteiger charge is -2.54. The van der Waals surface area contributed by atoms with E-state index < -0.39 is 0 Å². The summed E-state index contributed by atoms with van der Waals surface area (Å²) in [6, 6.07) is 28.5. The molecule has 1 spiro atoms. The summed E-state index contributed by atoms with van der Waals surface area (Å²) in [5.74, 6) is 3.00. The molecule has 2 aliphatic carbocycles. The van der Waals surface area contributed by atoms with Crippen LogP contribution < -0.4 is 25.2 Å². The first-order valence-electron chi connectivity index (χ1n) is 22.7. The maximum Gasteiger partial charge on any atom is 0.252 e. The van der Waals surface area contributed by atoms with E-state index in [1.807, 2.05) is 80.7 Å². The summed E-state index contributed by atoms with van der Waals surface area (Å²) in [7, 11) is 0. The molecule has 11 nitrogen and oxygen atoms in total. The number of anilines is 2. The fourth-order valence-electron chi connectivity index (χ4n) is 9.92. The summed E-state index contributed by atoms with van der Waals surface area (Å²) in [6.45, 7) is 12.1. The largest absolute Gasteiger partial charge is 0.508 e. The van der Waals surface area contributed by atoms with Gasteiger partial charge >= 0.3 is 0 Å². The van der Waals surface area contributed by atoms with Gasteiger partial charge in [-0.1, -0.05) is 62.4 Å². The first-order valence-corrected chi connectivity index (χ1v) is 22.7. The van der Waals surface area contributed by atoms with E-state index in [4.69, 9.17) is 4.74 Å². The molecule has 0 bridgehead atoms. The van der Waals surface area contributed by atoms with E-state index in [-0.39, 0.29) is 17.7 Å². The number of hydrogen-bond donors (Lipinski definition) is 3. The molecule has 1 aromatic heterocycles. The predicted molar refractivity (Wildman–Crippen MR) is 241 cm³/mol. The van der Waals surface area contributed by atoms with E-state index in [1.54, 1.807) is 6.07 Å². The van der Waals surface area contributed by atoms with Gasteiger partial charge < -0.3 is 25.0 Å². The molecule has 0 radical (unpaired) electrons. The Hall–Kier alpha value is -5.42. The number of carbonyl (C=O) groups is 3. The van der Waals surface area contributed by atoms with Gasteiger partial charge in [-0.2, -0.15) is 0 Å². The summed E-state index contributed by atoms with van der Waals surface area (Å²) in [4.78, 5) is 44.9. The van der Waals surface area contributed by atoms with Gasteiger partial charge in [-0.05, 0) is 122 Å².